The number of aliphatic hydroxyl groups excluding tert-OH is 1. The summed E-state index contributed by atoms with van der Waals surface area (Å²) in [6.45, 7) is 3.91. The Kier molecular flexibility index (Phi) is 4.50. The first kappa shape index (κ1) is 11.8. The van der Waals surface area contributed by atoms with Crippen molar-refractivity contribution in [2.45, 2.75) is 25.9 Å². The maximum atomic E-state index is 8.82. The molecule has 0 aliphatic carbocycles. The third-order valence-electron chi connectivity index (χ3n) is 2.67. The number of ether oxygens (including phenoxy) is 1. The van der Waals surface area contributed by atoms with Crippen LogP contribution in [0.15, 0.2) is 0 Å². The van der Waals surface area contributed by atoms with Gasteiger partial charge in [-0.25, -0.2) is 0 Å². The van der Waals surface area contributed by atoms with Crippen LogP contribution in [0, 0.1) is 0 Å². The van der Waals surface area contributed by atoms with E-state index in [9.17, 15) is 0 Å². The van der Waals surface area contributed by atoms with Crippen LogP contribution in [0.25, 0.3) is 0 Å². The van der Waals surface area contributed by atoms with Crippen molar-refractivity contribution in [3.63, 3.8) is 0 Å². The van der Waals surface area contributed by atoms with Gasteiger partial charge in [-0.1, -0.05) is 22.9 Å². The summed E-state index contributed by atoms with van der Waals surface area (Å²) in [7, 11) is 0. The predicted octanol–water partition coefficient (Wildman–Crippen LogP) is 0.895. The highest BCUT2D eigenvalue weighted by atomic mass is 32.1. The summed E-state index contributed by atoms with van der Waals surface area (Å²) in [6, 6.07) is 0. The minimum absolute atomic E-state index is 0.0623. The Morgan fingerprint density at radius 2 is 2.06 bits per heavy atom. The SMILES string of the molecule is OCc1nnc(OCCN2CCCCC2)s1. The van der Waals surface area contributed by atoms with Gasteiger partial charge in [0.05, 0.1) is 6.61 Å². The lowest BCUT2D eigenvalue weighted by Gasteiger charge is -2.25. The number of hydrogen-bond acceptors (Lipinski definition) is 6. The van der Waals surface area contributed by atoms with Crippen molar-refractivity contribution in [1.82, 2.24) is 15.1 Å². The highest BCUT2D eigenvalue weighted by Crippen LogP contribution is 2.17. The zero-order valence-corrected chi connectivity index (χ0v) is 10.1. The summed E-state index contributed by atoms with van der Waals surface area (Å²) < 4.78 is 5.48. The van der Waals surface area contributed by atoms with Gasteiger partial charge in [0.2, 0.25) is 0 Å². The van der Waals surface area contributed by atoms with Crippen molar-refractivity contribution in [2.75, 3.05) is 26.2 Å². The predicted molar refractivity (Wildman–Crippen MR) is 61.6 cm³/mol. The molecule has 0 saturated carbocycles. The van der Waals surface area contributed by atoms with Crippen LogP contribution < -0.4 is 4.74 Å². The molecule has 0 amide bonds. The first-order chi connectivity index (χ1) is 7.88. The van der Waals surface area contributed by atoms with Crippen LogP contribution in [0.1, 0.15) is 24.3 Å². The van der Waals surface area contributed by atoms with E-state index in [4.69, 9.17) is 9.84 Å². The molecule has 0 unspecified atom stereocenters. The van der Waals surface area contributed by atoms with Crippen molar-refractivity contribution in [1.29, 1.82) is 0 Å². The Labute approximate surface area is 99.1 Å². The fourth-order valence-corrected chi connectivity index (χ4v) is 2.38. The van der Waals surface area contributed by atoms with Crippen molar-refractivity contribution in [3.05, 3.63) is 5.01 Å². The molecule has 0 atom stereocenters. The van der Waals surface area contributed by atoms with Gasteiger partial charge in [0.1, 0.15) is 11.6 Å². The monoisotopic (exact) mass is 243 g/mol. The quantitative estimate of drug-likeness (QED) is 0.832. The van der Waals surface area contributed by atoms with Crippen molar-refractivity contribution in [2.24, 2.45) is 0 Å². The van der Waals surface area contributed by atoms with E-state index in [-0.39, 0.29) is 6.61 Å². The third kappa shape index (κ3) is 3.40. The molecular weight excluding hydrogens is 226 g/mol. The second-order valence-electron chi connectivity index (χ2n) is 3.87. The summed E-state index contributed by atoms with van der Waals surface area (Å²) in [6.07, 6.45) is 3.95. The van der Waals surface area contributed by atoms with E-state index in [1.165, 1.54) is 43.7 Å². The smallest absolute Gasteiger partial charge is 0.294 e. The van der Waals surface area contributed by atoms with Gasteiger partial charge in [-0.05, 0) is 25.9 Å². The normalized spacial score (nSPS) is 17.6. The average Bonchev–Trinajstić information content (AvgIpc) is 2.78. The van der Waals surface area contributed by atoms with Crippen molar-refractivity contribution >= 4 is 11.3 Å². The summed E-state index contributed by atoms with van der Waals surface area (Å²) in [5.41, 5.74) is 0. The molecule has 1 saturated heterocycles. The van der Waals surface area contributed by atoms with Gasteiger partial charge in [-0.3, -0.25) is 4.90 Å². The lowest BCUT2D eigenvalue weighted by atomic mass is 10.1. The molecule has 90 valence electrons. The van der Waals surface area contributed by atoms with E-state index in [0.717, 1.165) is 6.54 Å². The lowest BCUT2D eigenvalue weighted by molar-refractivity contribution is 0.182. The van der Waals surface area contributed by atoms with Gasteiger partial charge in [-0.2, -0.15) is 0 Å². The summed E-state index contributed by atoms with van der Waals surface area (Å²) >= 11 is 1.31. The molecule has 1 fully saturated rings. The van der Waals surface area contributed by atoms with Crippen LogP contribution in [0.5, 0.6) is 5.19 Å². The minimum Gasteiger partial charge on any atom is -0.468 e. The standard InChI is InChI=1S/C10H17N3O2S/c14-8-9-11-12-10(16-9)15-7-6-13-4-2-1-3-5-13/h14H,1-8H2. The molecule has 2 rings (SSSR count). The third-order valence-corrected chi connectivity index (χ3v) is 3.49. The van der Waals surface area contributed by atoms with Gasteiger partial charge in [-0.15, -0.1) is 5.10 Å². The maximum absolute atomic E-state index is 8.82. The van der Waals surface area contributed by atoms with Crippen molar-refractivity contribution in [3.8, 4) is 5.19 Å². The fourth-order valence-electron chi connectivity index (χ4n) is 1.81. The molecule has 2 heterocycles. The second-order valence-corrected chi connectivity index (χ2v) is 4.90. The Bertz CT molecular complexity index is 313. The zero-order chi connectivity index (χ0) is 11.2. The molecule has 1 aliphatic rings. The molecule has 0 spiro atoms. The van der Waals surface area contributed by atoms with Gasteiger partial charge in [0.25, 0.3) is 5.19 Å². The number of aliphatic hydroxyl groups is 1. The second kappa shape index (κ2) is 6.12. The average molecular weight is 243 g/mol. The van der Waals surface area contributed by atoms with Crippen LogP contribution in [0.3, 0.4) is 0 Å². The van der Waals surface area contributed by atoms with Crippen LogP contribution >= 0.6 is 11.3 Å². The molecule has 16 heavy (non-hydrogen) atoms. The Balaban J connectivity index is 1.66. The molecule has 0 bridgehead atoms. The molecule has 1 aliphatic heterocycles. The van der Waals surface area contributed by atoms with Crippen LogP contribution in [0.2, 0.25) is 0 Å². The zero-order valence-electron chi connectivity index (χ0n) is 9.26. The highest BCUT2D eigenvalue weighted by molar-refractivity contribution is 7.13. The van der Waals surface area contributed by atoms with Crippen LogP contribution in [0.4, 0.5) is 0 Å². The number of hydrogen-bond donors (Lipinski definition) is 1. The number of piperidine rings is 1. The molecule has 1 aromatic heterocycles. The Morgan fingerprint density at radius 3 is 2.75 bits per heavy atom. The van der Waals surface area contributed by atoms with E-state index in [2.05, 4.69) is 15.1 Å². The van der Waals surface area contributed by atoms with E-state index >= 15 is 0 Å². The Morgan fingerprint density at radius 1 is 1.25 bits per heavy atom. The van der Waals surface area contributed by atoms with Gasteiger partial charge < -0.3 is 9.84 Å². The number of likely N-dealkylation sites (tertiary alicyclic amines) is 1. The number of rotatable bonds is 5. The van der Waals surface area contributed by atoms with Crippen LogP contribution in [-0.2, 0) is 6.61 Å². The minimum atomic E-state index is -0.0623. The summed E-state index contributed by atoms with van der Waals surface area (Å²) in [5.74, 6) is 0. The molecule has 1 aromatic rings. The van der Waals surface area contributed by atoms with Crippen LogP contribution in [-0.4, -0.2) is 46.4 Å². The number of nitrogens with zero attached hydrogens (tertiary/aromatic N) is 3. The largest absolute Gasteiger partial charge is 0.468 e. The van der Waals surface area contributed by atoms with E-state index < -0.39 is 0 Å². The molecule has 5 nitrogen and oxygen atoms in total. The molecule has 0 radical (unpaired) electrons. The Hall–Kier alpha value is -0.720. The topological polar surface area (TPSA) is 58.5 Å². The van der Waals surface area contributed by atoms with Gasteiger partial charge in [0, 0.05) is 6.54 Å². The molecule has 6 heteroatoms. The van der Waals surface area contributed by atoms with Gasteiger partial charge >= 0.3 is 0 Å². The van der Waals surface area contributed by atoms with E-state index in [1.54, 1.807) is 0 Å². The highest BCUT2D eigenvalue weighted by Gasteiger charge is 2.10. The lowest BCUT2D eigenvalue weighted by Crippen LogP contribution is -2.33. The maximum Gasteiger partial charge on any atom is 0.294 e. The molecule has 1 N–H and O–H groups in total. The first-order valence-electron chi connectivity index (χ1n) is 5.67. The van der Waals surface area contributed by atoms with Gasteiger partial charge in [0.15, 0.2) is 0 Å². The summed E-state index contributed by atoms with van der Waals surface area (Å²) in [4.78, 5) is 2.41. The molecule has 0 aromatic carbocycles. The van der Waals surface area contributed by atoms with E-state index in [1.807, 2.05) is 0 Å². The summed E-state index contributed by atoms with van der Waals surface area (Å²) in [5, 5.41) is 17.6. The number of aromatic nitrogens is 2. The fraction of sp³-hybridized carbons (Fsp3) is 0.800. The van der Waals surface area contributed by atoms with E-state index in [0.29, 0.717) is 16.8 Å². The molecular formula is C10H17N3O2S. The van der Waals surface area contributed by atoms with Crippen molar-refractivity contribution < 1.29 is 9.84 Å². The first-order valence-corrected chi connectivity index (χ1v) is 6.48.